The van der Waals surface area contributed by atoms with Gasteiger partial charge in [0.1, 0.15) is 0 Å². The molecule has 1 N–H and O–H groups in total. The lowest BCUT2D eigenvalue weighted by Gasteiger charge is -2.41. The van der Waals surface area contributed by atoms with E-state index in [-0.39, 0.29) is 5.92 Å². The van der Waals surface area contributed by atoms with Crippen LogP contribution in [0.1, 0.15) is 59.3 Å². The molecule has 4 unspecified atom stereocenters. The van der Waals surface area contributed by atoms with Crippen LogP contribution in [0.3, 0.4) is 0 Å². The number of allylic oxidation sites excluding steroid dienone is 2. The van der Waals surface area contributed by atoms with Crippen molar-refractivity contribution in [3.63, 3.8) is 0 Å². The summed E-state index contributed by atoms with van der Waals surface area (Å²) in [6.07, 6.45) is 9.70. The van der Waals surface area contributed by atoms with Crippen molar-refractivity contribution >= 4 is 0 Å². The predicted octanol–water partition coefficient (Wildman–Crippen LogP) is 5.74. The molecule has 0 amide bonds. The molecular weight excluding hydrogens is 232 g/mol. The standard InChI is InChI=1S/C18H32O/c1-6-8-18-16(12-11-13(2)3)9-7-10-17(18)14(4)15(5)19/h6,13-14,16-19H,1,5,7-12H2,2-4H3. The zero-order chi connectivity index (χ0) is 14.4. The van der Waals surface area contributed by atoms with Gasteiger partial charge in [0.25, 0.3) is 0 Å². The molecule has 0 heterocycles. The van der Waals surface area contributed by atoms with Gasteiger partial charge < -0.3 is 5.11 Å². The summed E-state index contributed by atoms with van der Waals surface area (Å²) >= 11 is 0. The Bertz CT molecular complexity index is 292. The zero-order valence-corrected chi connectivity index (χ0v) is 13.1. The quantitative estimate of drug-likeness (QED) is 0.459. The molecule has 4 atom stereocenters. The van der Waals surface area contributed by atoms with Gasteiger partial charge in [-0.3, -0.25) is 0 Å². The molecule has 0 aliphatic heterocycles. The lowest BCUT2D eigenvalue weighted by atomic mass is 9.64. The van der Waals surface area contributed by atoms with E-state index in [4.69, 9.17) is 0 Å². The van der Waals surface area contributed by atoms with Gasteiger partial charge in [-0.1, -0.05) is 52.7 Å². The van der Waals surface area contributed by atoms with Gasteiger partial charge in [0.05, 0.1) is 5.76 Å². The highest BCUT2D eigenvalue weighted by molar-refractivity contribution is 4.97. The monoisotopic (exact) mass is 264 g/mol. The van der Waals surface area contributed by atoms with E-state index in [2.05, 4.69) is 40.0 Å². The Hall–Kier alpha value is -0.720. The molecular formula is C18H32O. The molecule has 1 nitrogen and oxygen atoms in total. The second-order valence-electron chi connectivity index (χ2n) is 6.79. The minimum absolute atomic E-state index is 0.229. The molecule has 0 saturated heterocycles. The number of aliphatic hydroxyl groups excluding tert-OH is 1. The maximum Gasteiger partial charge on any atom is 0.0882 e. The number of aliphatic hydroxyl groups is 1. The van der Waals surface area contributed by atoms with Gasteiger partial charge in [-0.2, -0.15) is 0 Å². The third-order valence-corrected chi connectivity index (χ3v) is 4.99. The van der Waals surface area contributed by atoms with Crippen LogP contribution < -0.4 is 0 Å². The lowest BCUT2D eigenvalue weighted by Crippen LogP contribution is -2.33. The Morgan fingerprint density at radius 3 is 2.53 bits per heavy atom. The molecule has 1 fully saturated rings. The smallest absolute Gasteiger partial charge is 0.0882 e. The third-order valence-electron chi connectivity index (χ3n) is 4.99. The van der Waals surface area contributed by atoms with E-state index in [0.29, 0.717) is 17.6 Å². The van der Waals surface area contributed by atoms with E-state index >= 15 is 0 Å². The minimum atomic E-state index is 0.229. The van der Waals surface area contributed by atoms with Crippen molar-refractivity contribution in [2.75, 3.05) is 0 Å². The van der Waals surface area contributed by atoms with Crippen molar-refractivity contribution in [2.45, 2.75) is 59.3 Å². The highest BCUT2D eigenvalue weighted by atomic mass is 16.3. The second-order valence-corrected chi connectivity index (χ2v) is 6.79. The van der Waals surface area contributed by atoms with Gasteiger partial charge in [-0.15, -0.1) is 6.58 Å². The summed E-state index contributed by atoms with van der Waals surface area (Å²) < 4.78 is 0. The van der Waals surface area contributed by atoms with Gasteiger partial charge in [0, 0.05) is 5.92 Å². The molecule has 0 aromatic heterocycles. The molecule has 110 valence electrons. The molecule has 1 aliphatic carbocycles. The summed E-state index contributed by atoms with van der Waals surface area (Å²) in [6.45, 7) is 14.4. The van der Waals surface area contributed by atoms with Crippen molar-refractivity contribution in [3.8, 4) is 0 Å². The Balaban J connectivity index is 2.74. The van der Waals surface area contributed by atoms with Crippen molar-refractivity contribution in [3.05, 3.63) is 25.0 Å². The molecule has 1 rings (SSSR count). The molecule has 0 radical (unpaired) electrons. The maximum atomic E-state index is 9.74. The Morgan fingerprint density at radius 1 is 1.32 bits per heavy atom. The SMILES string of the molecule is C=CCC1C(CCC(C)C)CCCC1C(C)C(=C)O. The van der Waals surface area contributed by atoms with Crippen LogP contribution in [-0.4, -0.2) is 5.11 Å². The molecule has 1 heteroatoms. The van der Waals surface area contributed by atoms with E-state index in [0.717, 1.165) is 18.3 Å². The normalized spacial score (nSPS) is 29.2. The van der Waals surface area contributed by atoms with Crippen LogP contribution in [0, 0.1) is 29.6 Å². The summed E-state index contributed by atoms with van der Waals surface area (Å²) in [5.41, 5.74) is 0. The Morgan fingerprint density at radius 2 is 2.00 bits per heavy atom. The first kappa shape index (κ1) is 16.3. The van der Waals surface area contributed by atoms with Gasteiger partial charge in [0.2, 0.25) is 0 Å². The summed E-state index contributed by atoms with van der Waals surface area (Å²) in [6, 6.07) is 0. The Labute approximate surface area is 119 Å². The van der Waals surface area contributed by atoms with Gasteiger partial charge in [-0.25, -0.2) is 0 Å². The summed E-state index contributed by atoms with van der Waals surface area (Å²) in [5, 5.41) is 9.74. The topological polar surface area (TPSA) is 20.2 Å². The van der Waals surface area contributed by atoms with Crippen LogP contribution in [0.5, 0.6) is 0 Å². The first-order valence-electron chi connectivity index (χ1n) is 7.96. The zero-order valence-electron chi connectivity index (χ0n) is 13.1. The van der Waals surface area contributed by atoms with E-state index in [1.165, 1.54) is 32.1 Å². The second kappa shape index (κ2) is 7.77. The average Bonchev–Trinajstić information content (AvgIpc) is 2.36. The van der Waals surface area contributed by atoms with Crippen molar-refractivity contribution in [1.82, 2.24) is 0 Å². The van der Waals surface area contributed by atoms with Crippen LogP contribution >= 0.6 is 0 Å². The predicted molar refractivity (Wildman–Crippen MR) is 84.1 cm³/mol. The van der Waals surface area contributed by atoms with Crippen molar-refractivity contribution in [2.24, 2.45) is 29.6 Å². The highest BCUT2D eigenvalue weighted by Crippen LogP contribution is 2.44. The van der Waals surface area contributed by atoms with Crippen molar-refractivity contribution in [1.29, 1.82) is 0 Å². The molecule has 0 bridgehead atoms. The average molecular weight is 264 g/mol. The van der Waals surface area contributed by atoms with Crippen LogP contribution in [0.4, 0.5) is 0 Å². The van der Waals surface area contributed by atoms with E-state index in [1.807, 2.05) is 0 Å². The molecule has 0 aromatic rings. The maximum absolute atomic E-state index is 9.74. The molecule has 1 aliphatic rings. The van der Waals surface area contributed by atoms with E-state index in [9.17, 15) is 5.11 Å². The molecule has 1 saturated carbocycles. The number of hydrogen-bond acceptors (Lipinski definition) is 1. The van der Waals surface area contributed by atoms with E-state index < -0.39 is 0 Å². The summed E-state index contributed by atoms with van der Waals surface area (Å²) in [7, 11) is 0. The largest absolute Gasteiger partial charge is 0.513 e. The Kier molecular flexibility index (Phi) is 6.68. The number of hydrogen-bond donors (Lipinski definition) is 1. The number of rotatable bonds is 7. The molecule has 19 heavy (non-hydrogen) atoms. The van der Waals surface area contributed by atoms with Crippen LogP contribution in [-0.2, 0) is 0 Å². The van der Waals surface area contributed by atoms with Crippen LogP contribution in [0.15, 0.2) is 25.0 Å². The van der Waals surface area contributed by atoms with Gasteiger partial charge >= 0.3 is 0 Å². The fourth-order valence-electron chi connectivity index (χ4n) is 3.73. The first-order chi connectivity index (χ1) is 8.97. The minimum Gasteiger partial charge on any atom is -0.513 e. The van der Waals surface area contributed by atoms with Crippen molar-refractivity contribution < 1.29 is 5.11 Å². The van der Waals surface area contributed by atoms with Crippen LogP contribution in [0.2, 0.25) is 0 Å². The lowest BCUT2D eigenvalue weighted by molar-refractivity contribution is 0.0943. The summed E-state index contributed by atoms with van der Waals surface area (Å²) in [4.78, 5) is 0. The third kappa shape index (κ3) is 4.71. The molecule has 0 spiro atoms. The van der Waals surface area contributed by atoms with Crippen LogP contribution in [0.25, 0.3) is 0 Å². The fourth-order valence-corrected chi connectivity index (χ4v) is 3.73. The fraction of sp³-hybridized carbons (Fsp3) is 0.778. The van der Waals surface area contributed by atoms with Gasteiger partial charge in [0.15, 0.2) is 0 Å². The van der Waals surface area contributed by atoms with E-state index in [1.54, 1.807) is 0 Å². The van der Waals surface area contributed by atoms with Gasteiger partial charge in [-0.05, 0) is 42.9 Å². The molecule has 0 aromatic carbocycles. The summed E-state index contributed by atoms with van der Waals surface area (Å²) in [5.74, 6) is 3.46. The highest BCUT2D eigenvalue weighted by Gasteiger charge is 2.35. The first-order valence-corrected chi connectivity index (χ1v) is 7.96.